The van der Waals surface area contributed by atoms with Gasteiger partial charge in [0, 0.05) is 18.2 Å². The topological polar surface area (TPSA) is 34.9 Å². The number of fused-ring (bicyclic) bond motifs is 1. The van der Waals surface area contributed by atoms with E-state index < -0.39 is 0 Å². The van der Waals surface area contributed by atoms with Gasteiger partial charge in [0.25, 0.3) is 0 Å². The predicted molar refractivity (Wildman–Crippen MR) is 80.9 cm³/mol. The van der Waals surface area contributed by atoms with E-state index in [0.717, 1.165) is 28.0 Å². The highest BCUT2D eigenvalue weighted by Gasteiger charge is 2.12. The lowest BCUT2D eigenvalue weighted by Gasteiger charge is -2.05. The minimum atomic E-state index is 0.0746. The van der Waals surface area contributed by atoms with E-state index in [2.05, 4.69) is 19.1 Å². The molecule has 3 aromatic rings. The van der Waals surface area contributed by atoms with E-state index in [0.29, 0.717) is 0 Å². The van der Waals surface area contributed by atoms with E-state index in [1.807, 2.05) is 41.9 Å². The number of benzene rings is 2. The molecule has 20 heavy (non-hydrogen) atoms. The van der Waals surface area contributed by atoms with Crippen LogP contribution in [-0.2, 0) is 7.05 Å². The number of Topliss-reactive ketones (excluding diaryl/α,β-unsaturated/α-hetero) is 1. The summed E-state index contributed by atoms with van der Waals surface area (Å²) in [6.45, 7) is 3.66. The molecule has 0 amide bonds. The number of aryl methyl sites for hydroxylation is 2. The average molecular weight is 264 g/mol. The van der Waals surface area contributed by atoms with Crippen LogP contribution < -0.4 is 0 Å². The fourth-order valence-electron chi connectivity index (χ4n) is 2.47. The summed E-state index contributed by atoms with van der Waals surface area (Å²) in [4.78, 5) is 16.2. The molecule has 0 spiro atoms. The van der Waals surface area contributed by atoms with Crippen molar-refractivity contribution in [2.45, 2.75) is 13.8 Å². The molecule has 0 unspecified atom stereocenters. The molecule has 100 valence electrons. The minimum absolute atomic E-state index is 0.0746. The number of ketones is 1. The molecule has 0 saturated carbocycles. The molecule has 0 radical (unpaired) electrons. The SMILES string of the molecule is CC(=O)c1ccc2nc(-c3ccccc3C)n(C)c2c1. The second-order valence-corrected chi connectivity index (χ2v) is 5.07. The summed E-state index contributed by atoms with van der Waals surface area (Å²) < 4.78 is 2.05. The van der Waals surface area contributed by atoms with Crippen molar-refractivity contribution < 1.29 is 4.79 Å². The highest BCUT2D eigenvalue weighted by Crippen LogP contribution is 2.26. The van der Waals surface area contributed by atoms with Gasteiger partial charge in [-0.2, -0.15) is 0 Å². The Balaban J connectivity index is 2.26. The Kier molecular flexibility index (Phi) is 2.90. The van der Waals surface area contributed by atoms with Gasteiger partial charge in [0.2, 0.25) is 0 Å². The number of carbonyl (C=O) groups excluding carboxylic acids is 1. The Hall–Kier alpha value is -2.42. The number of carbonyl (C=O) groups is 1. The van der Waals surface area contributed by atoms with E-state index in [9.17, 15) is 4.79 Å². The van der Waals surface area contributed by atoms with Crippen molar-refractivity contribution in [2.24, 2.45) is 7.05 Å². The summed E-state index contributed by atoms with van der Waals surface area (Å²) >= 11 is 0. The van der Waals surface area contributed by atoms with Gasteiger partial charge in [0.05, 0.1) is 11.0 Å². The van der Waals surface area contributed by atoms with Crippen molar-refractivity contribution in [1.82, 2.24) is 9.55 Å². The van der Waals surface area contributed by atoms with Crippen LogP contribution in [0.15, 0.2) is 42.5 Å². The summed E-state index contributed by atoms with van der Waals surface area (Å²) in [7, 11) is 1.99. The first-order chi connectivity index (χ1) is 9.58. The van der Waals surface area contributed by atoms with Crippen LogP contribution in [0.4, 0.5) is 0 Å². The largest absolute Gasteiger partial charge is 0.327 e. The van der Waals surface area contributed by atoms with Crippen molar-refractivity contribution in [3.8, 4) is 11.4 Å². The van der Waals surface area contributed by atoms with Gasteiger partial charge in [-0.25, -0.2) is 4.98 Å². The molecule has 0 aliphatic rings. The first-order valence-electron chi connectivity index (χ1n) is 6.61. The van der Waals surface area contributed by atoms with Gasteiger partial charge in [0.15, 0.2) is 5.78 Å². The van der Waals surface area contributed by atoms with Crippen LogP contribution in [0, 0.1) is 6.92 Å². The molecule has 3 heteroatoms. The third kappa shape index (κ3) is 1.92. The standard InChI is InChI=1S/C17H16N2O/c1-11-6-4-5-7-14(11)17-18-15-9-8-13(12(2)20)10-16(15)19(17)3/h4-10H,1-3H3. The van der Waals surface area contributed by atoms with Crippen molar-refractivity contribution >= 4 is 16.8 Å². The van der Waals surface area contributed by atoms with Crippen molar-refractivity contribution in [3.05, 3.63) is 53.6 Å². The zero-order valence-corrected chi connectivity index (χ0v) is 11.8. The zero-order chi connectivity index (χ0) is 14.3. The first kappa shape index (κ1) is 12.6. The van der Waals surface area contributed by atoms with Crippen LogP contribution >= 0.6 is 0 Å². The predicted octanol–water partition coefficient (Wildman–Crippen LogP) is 3.75. The molecule has 3 nitrogen and oxygen atoms in total. The monoisotopic (exact) mass is 264 g/mol. The Morgan fingerprint density at radius 1 is 1.15 bits per heavy atom. The maximum absolute atomic E-state index is 11.5. The highest BCUT2D eigenvalue weighted by atomic mass is 16.1. The number of imidazole rings is 1. The second-order valence-electron chi connectivity index (χ2n) is 5.07. The number of rotatable bonds is 2. The van der Waals surface area contributed by atoms with Gasteiger partial charge in [-0.3, -0.25) is 4.79 Å². The molecule has 0 aliphatic carbocycles. The number of nitrogens with zero attached hydrogens (tertiary/aromatic N) is 2. The van der Waals surface area contributed by atoms with Gasteiger partial charge in [-0.05, 0) is 37.6 Å². The van der Waals surface area contributed by atoms with Crippen LogP contribution in [0.3, 0.4) is 0 Å². The number of hydrogen-bond acceptors (Lipinski definition) is 2. The Bertz CT molecular complexity index is 815. The van der Waals surface area contributed by atoms with E-state index in [1.54, 1.807) is 6.92 Å². The molecule has 0 N–H and O–H groups in total. The minimum Gasteiger partial charge on any atom is -0.327 e. The summed E-state index contributed by atoms with van der Waals surface area (Å²) in [5.74, 6) is 1.00. The van der Waals surface area contributed by atoms with E-state index in [1.165, 1.54) is 5.56 Å². The molecule has 1 heterocycles. The van der Waals surface area contributed by atoms with Gasteiger partial charge in [-0.15, -0.1) is 0 Å². The van der Waals surface area contributed by atoms with Crippen LogP contribution in [0.25, 0.3) is 22.4 Å². The summed E-state index contributed by atoms with van der Waals surface area (Å²) in [6.07, 6.45) is 0. The summed E-state index contributed by atoms with van der Waals surface area (Å²) in [5, 5.41) is 0. The van der Waals surface area contributed by atoms with Gasteiger partial charge < -0.3 is 4.57 Å². The van der Waals surface area contributed by atoms with Crippen LogP contribution in [0.5, 0.6) is 0 Å². The average Bonchev–Trinajstić information content (AvgIpc) is 2.76. The summed E-state index contributed by atoms with van der Waals surface area (Å²) in [5.41, 5.74) is 4.93. The number of hydrogen-bond donors (Lipinski definition) is 0. The number of aromatic nitrogens is 2. The van der Waals surface area contributed by atoms with Gasteiger partial charge in [-0.1, -0.05) is 24.3 Å². The molecule has 0 fully saturated rings. The molecular formula is C17H16N2O. The van der Waals surface area contributed by atoms with E-state index in [4.69, 9.17) is 4.98 Å². The van der Waals surface area contributed by atoms with Crippen molar-refractivity contribution in [2.75, 3.05) is 0 Å². The van der Waals surface area contributed by atoms with E-state index in [-0.39, 0.29) is 5.78 Å². The smallest absolute Gasteiger partial charge is 0.159 e. The molecule has 1 aromatic heterocycles. The maximum atomic E-state index is 11.5. The van der Waals surface area contributed by atoms with Crippen LogP contribution in [-0.4, -0.2) is 15.3 Å². The highest BCUT2D eigenvalue weighted by molar-refractivity contribution is 5.97. The summed E-state index contributed by atoms with van der Waals surface area (Å²) in [6, 6.07) is 13.8. The van der Waals surface area contributed by atoms with Crippen LogP contribution in [0.1, 0.15) is 22.8 Å². The third-order valence-corrected chi connectivity index (χ3v) is 3.67. The van der Waals surface area contributed by atoms with Crippen molar-refractivity contribution in [1.29, 1.82) is 0 Å². The van der Waals surface area contributed by atoms with Crippen LogP contribution in [0.2, 0.25) is 0 Å². The fourth-order valence-corrected chi connectivity index (χ4v) is 2.47. The molecule has 0 saturated heterocycles. The first-order valence-corrected chi connectivity index (χ1v) is 6.61. The molecular weight excluding hydrogens is 248 g/mol. The molecule has 2 aromatic carbocycles. The normalized spacial score (nSPS) is 10.9. The zero-order valence-electron chi connectivity index (χ0n) is 11.8. The maximum Gasteiger partial charge on any atom is 0.159 e. The lowest BCUT2D eigenvalue weighted by molar-refractivity contribution is 0.101. The Morgan fingerprint density at radius 3 is 2.60 bits per heavy atom. The Morgan fingerprint density at radius 2 is 1.90 bits per heavy atom. The third-order valence-electron chi connectivity index (χ3n) is 3.67. The quantitative estimate of drug-likeness (QED) is 0.661. The van der Waals surface area contributed by atoms with E-state index >= 15 is 0 Å². The Labute approximate surface area is 117 Å². The molecule has 0 bridgehead atoms. The second kappa shape index (κ2) is 4.60. The molecule has 0 aliphatic heterocycles. The van der Waals surface area contributed by atoms with Gasteiger partial charge >= 0.3 is 0 Å². The fraction of sp³-hybridized carbons (Fsp3) is 0.176. The molecule has 0 atom stereocenters. The molecule has 3 rings (SSSR count). The van der Waals surface area contributed by atoms with Crippen molar-refractivity contribution in [3.63, 3.8) is 0 Å². The lowest BCUT2D eigenvalue weighted by atomic mass is 10.1. The van der Waals surface area contributed by atoms with Gasteiger partial charge in [0.1, 0.15) is 5.82 Å². The lowest BCUT2D eigenvalue weighted by Crippen LogP contribution is -1.95.